The molecule has 0 unspecified atom stereocenters. The fourth-order valence-corrected chi connectivity index (χ4v) is 2.17. The summed E-state index contributed by atoms with van der Waals surface area (Å²) < 4.78 is 1.81. The highest BCUT2D eigenvalue weighted by atomic mass is 16.2. The lowest BCUT2D eigenvalue weighted by molar-refractivity contribution is 0.0920. The zero-order chi connectivity index (χ0) is 10.4. The lowest BCUT2D eigenvalue weighted by Crippen LogP contribution is -2.13. The molecule has 0 saturated heterocycles. The average molecular weight is 197 g/mol. The Balaban J connectivity index is 2.48. The first-order valence-electron chi connectivity index (χ1n) is 5.08. The minimum absolute atomic E-state index is 0.160. The maximum absolute atomic E-state index is 11.8. The highest BCUT2D eigenvalue weighted by molar-refractivity contribution is 5.99. The Labute approximate surface area is 87.8 Å². The molecule has 0 radical (unpaired) electrons. The smallest absolute Gasteiger partial charge is 0.235 e. The molecule has 0 N–H and O–H groups in total. The van der Waals surface area contributed by atoms with Crippen molar-refractivity contribution in [1.29, 1.82) is 0 Å². The SMILES string of the molecule is Cc1cccc2c1cc1n2C(=O)CC=C1. The second kappa shape index (κ2) is 2.83. The van der Waals surface area contributed by atoms with E-state index in [1.165, 1.54) is 10.9 Å². The van der Waals surface area contributed by atoms with Crippen LogP contribution in [0.4, 0.5) is 0 Å². The molecule has 1 aromatic carbocycles. The monoisotopic (exact) mass is 197 g/mol. The van der Waals surface area contributed by atoms with Gasteiger partial charge in [0.1, 0.15) is 0 Å². The van der Waals surface area contributed by atoms with E-state index in [1.807, 2.05) is 28.9 Å². The quantitative estimate of drug-likeness (QED) is 0.636. The van der Waals surface area contributed by atoms with Crippen LogP contribution >= 0.6 is 0 Å². The molecule has 0 saturated carbocycles. The van der Waals surface area contributed by atoms with Crippen molar-refractivity contribution in [3.05, 3.63) is 41.6 Å². The highest BCUT2D eigenvalue weighted by Gasteiger charge is 2.16. The van der Waals surface area contributed by atoms with E-state index in [2.05, 4.69) is 19.1 Å². The zero-order valence-electron chi connectivity index (χ0n) is 8.53. The fourth-order valence-electron chi connectivity index (χ4n) is 2.17. The number of nitrogens with zero attached hydrogens (tertiary/aromatic N) is 1. The second-order valence-electron chi connectivity index (χ2n) is 3.91. The van der Waals surface area contributed by atoms with Crippen LogP contribution in [0.3, 0.4) is 0 Å². The van der Waals surface area contributed by atoms with Crippen LogP contribution in [0, 0.1) is 6.92 Å². The molecule has 0 spiro atoms. The van der Waals surface area contributed by atoms with Crippen LogP contribution in [0.1, 0.15) is 22.5 Å². The molecule has 0 aliphatic carbocycles. The number of allylic oxidation sites excluding steroid dienone is 1. The number of hydrogen-bond donors (Lipinski definition) is 0. The largest absolute Gasteiger partial charge is 0.280 e. The number of aryl methyl sites for hydroxylation is 1. The van der Waals surface area contributed by atoms with Crippen molar-refractivity contribution in [2.45, 2.75) is 13.3 Å². The van der Waals surface area contributed by atoms with Gasteiger partial charge in [-0.25, -0.2) is 0 Å². The number of aromatic nitrogens is 1. The van der Waals surface area contributed by atoms with Gasteiger partial charge in [-0.05, 0) is 30.7 Å². The van der Waals surface area contributed by atoms with Gasteiger partial charge in [0.05, 0.1) is 5.52 Å². The molecular formula is C13H11NO. The maximum atomic E-state index is 11.8. The fraction of sp³-hybridized carbons (Fsp3) is 0.154. The molecule has 74 valence electrons. The Hall–Kier alpha value is -1.83. The van der Waals surface area contributed by atoms with E-state index in [0.717, 1.165) is 11.2 Å². The number of benzene rings is 1. The van der Waals surface area contributed by atoms with Crippen molar-refractivity contribution in [2.75, 3.05) is 0 Å². The first-order chi connectivity index (χ1) is 7.27. The third kappa shape index (κ3) is 1.08. The van der Waals surface area contributed by atoms with Gasteiger partial charge in [0.2, 0.25) is 5.91 Å². The van der Waals surface area contributed by atoms with Gasteiger partial charge >= 0.3 is 0 Å². The molecule has 0 fully saturated rings. The summed E-state index contributed by atoms with van der Waals surface area (Å²) in [5.74, 6) is 0.160. The molecule has 1 aliphatic rings. The summed E-state index contributed by atoms with van der Waals surface area (Å²) in [4.78, 5) is 11.8. The summed E-state index contributed by atoms with van der Waals surface area (Å²) in [6.07, 6.45) is 4.44. The normalized spacial score (nSPS) is 14.6. The van der Waals surface area contributed by atoms with Crippen molar-refractivity contribution in [1.82, 2.24) is 4.57 Å². The third-order valence-corrected chi connectivity index (χ3v) is 2.92. The summed E-state index contributed by atoms with van der Waals surface area (Å²) in [5, 5.41) is 1.17. The van der Waals surface area contributed by atoms with E-state index in [9.17, 15) is 4.79 Å². The summed E-state index contributed by atoms with van der Waals surface area (Å²) in [6, 6.07) is 8.15. The van der Waals surface area contributed by atoms with Crippen molar-refractivity contribution in [3.63, 3.8) is 0 Å². The molecule has 3 rings (SSSR count). The van der Waals surface area contributed by atoms with Crippen molar-refractivity contribution in [2.24, 2.45) is 0 Å². The van der Waals surface area contributed by atoms with Gasteiger partial charge in [-0.3, -0.25) is 9.36 Å². The van der Waals surface area contributed by atoms with Crippen LogP contribution in [-0.4, -0.2) is 10.5 Å². The van der Waals surface area contributed by atoms with Crippen LogP contribution in [0.2, 0.25) is 0 Å². The lowest BCUT2D eigenvalue weighted by atomic mass is 10.1. The number of rotatable bonds is 0. The molecule has 2 heteroatoms. The first kappa shape index (κ1) is 8.48. The summed E-state index contributed by atoms with van der Waals surface area (Å²) in [7, 11) is 0. The molecule has 0 atom stereocenters. The van der Waals surface area contributed by atoms with Gasteiger partial charge in [0, 0.05) is 17.5 Å². The van der Waals surface area contributed by atoms with Gasteiger partial charge in [-0.2, -0.15) is 0 Å². The van der Waals surface area contributed by atoms with Gasteiger partial charge in [-0.15, -0.1) is 0 Å². The summed E-state index contributed by atoms with van der Waals surface area (Å²) in [6.45, 7) is 2.07. The molecule has 15 heavy (non-hydrogen) atoms. The van der Waals surface area contributed by atoms with Crippen LogP contribution in [0.5, 0.6) is 0 Å². The van der Waals surface area contributed by atoms with Crippen molar-refractivity contribution in [3.8, 4) is 0 Å². The van der Waals surface area contributed by atoms with E-state index in [0.29, 0.717) is 6.42 Å². The predicted molar refractivity (Wildman–Crippen MR) is 61.0 cm³/mol. The number of carbonyl (C=O) groups excluding carboxylic acids is 1. The summed E-state index contributed by atoms with van der Waals surface area (Å²) in [5.41, 5.74) is 3.24. The average Bonchev–Trinajstić information content (AvgIpc) is 2.59. The second-order valence-corrected chi connectivity index (χ2v) is 3.91. The number of fused-ring (bicyclic) bond motifs is 3. The van der Waals surface area contributed by atoms with E-state index < -0.39 is 0 Å². The highest BCUT2D eigenvalue weighted by Crippen LogP contribution is 2.26. The Kier molecular flexibility index (Phi) is 1.60. The van der Waals surface area contributed by atoms with Gasteiger partial charge in [0.15, 0.2) is 0 Å². The van der Waals surface area contributed by atoms with Crippen LogP contribution < -0.4 is 0 Å². The van der Waals surface area contributed by atoms with Crippen molar-refractivity contribution >= 4 is 22.9 Å². The molecule has 1 aliphatic heterocycles. The van der Waals surface area contributed by atoms with E-state index in [4.69, 9.17) is 0 Å². The van der Waals surface area contributed by atoms with E-state index >= 15 is 0 Å². The Morgan fingerprint density at radius 3 is 3.07 bits per heavy atom. The number of carbonyl (C=O) groups is 1. The van der Waals surface area contributed by atoms with Gasteiger partial charge < -0.3 is 0 Å². The molecule has 2 heterocycles. The van der Waals surface area contributed by atoms with Gasteiger partial charge in [-0.1, -0.05) is 18.2 Å². The molecule has 0 bridgehead atoms. The Morgan fingerprint density at radius 1 is 1.33 bits per heavy atom. The maximum Gasteiger partial charge on any atom is 0.235 e. The molecule has 1 aromatic heterocycles. The Morgan fingerprint density at radius 2 is 2.20 bits per heavy atom. The van der Waals surface area contributed by atoms with Gasteiger partial charge in [0.25, 0.3) is 0 Å². The minimum atomic E-state index is 0.160. The van der Waals surface area contributed by atoms with Crippen LogP contribution in [-0.2, 0) is 0 Å². The minimum Gasteiger partial charge on any atom is -0.280 e. The summed E-state index contributed by atoms with van der Waals surface area (Å²) >= 11 is 0. The third-order valence-electron chi connectivity index (χ3n) is 2.92. The molecule has 2 aromatic rings. The zero-order valence-corrected chi connectivity index (χ0v) is 8.53. The lowest BCUT2D eigenvalue weighted by Gasteiger charge is -2.09. The Bertz CT molecular complexity index is 590. The number of hydrogen-bond acceptors (Lipinski definition) is 1. The van der Waals surface area contributed by atoms with E-state index in [-0.39, 0.29) is 5.91 Å². The van der Waals surface area contributed by atoms with Crippen LogP contribution in [0.15, 0.2) is 30.3 Å². The predicted octanol–water partition coefficient (Wildman–Crippen LogP) is 3.01. The topological polar surface area (TPSA) is 22.0 Å². The molecule has 0 amide bonds. The first-order valence-corrected chi connectivity index (χ1v) is 5.08. The van der Waals surface area contributed by atoms with E-state index in [1.54, 1.807) is 0 Å². The van der Waals surface area contributed by atoms with Crippen molar-refractivity contribution < 1.29 is 4.79 Å². The van der Waals surface area contributed by atoms with Crippen LogP contribution in [0.25, 0.3) is 17.0 Å². The molecule has 2 nitrogen and oxygen atoms in total. The standard InChI is InChI=1S/C13H11NO/c1-9-4-2-6-12-11(9)8-10-5-3-7-13(15)14(10)12/h2-6,8H,7H2,1H3. The molecular weight excluding hydrogens is 186 g/mol.